The maximum Gasteiger partial charge on any atom is 0.359 e. The van der Waals surface area contributed by atoms with Crippen LogP contribution in [0.15, 0.2) is 63.8 Å². The van der Waals surface area contributed by atoms with E-state index in [2.05, 4.69) is 10.6 Å². The molecule has 1 aromatic heterocycles. The van der Waals surface area contributed by atoms with Gasteiger partial charge in [0, 0.05) is 51.4 Å². The second-order valence-electron chi connectivity index (χ2n) is 11.5. The molecule has 2 aliphatic rings. The van der Waals surface area contributed by atoms with Crippen molar-refractivity contribution in [2.24, 2.45) is 0 Å². The standard InChI is InChI=1S/C30H33Cl2N5O7S3.CH4/c1-37(2,14-25(40)41)11-3-8-33-23(38)13-35-9-6-20(7-10-35)45-15-18-16-47-29-26(28(42)36(29)27(18)30(43)44)34-24(39)17-46-22-12-19(31)4-5-21(22)32;/h4-7,9-10,12,26,29H,3,8,11,13-17H2,1-2H3,(H2-2,33,34,38,39,40,41,43,44);1H4/p+2. The molecule has 2 aliphatic heterocycles. The number of aliphatic carboxylic acids is 2. The first kappa shape index (κ1) is 39.5. The van der Waals surface area contributed by atoms with Gasteiger partial charge in [-0.05, 0) is 23.8 Å². The van der Waals surface area contributed by atoms with Crippen molar-refractivity contribution in [2.45, 2.75) is 41.6 Å². The van der Waals surface area contributed by atoms with Gasteiger partial charge in [0.2, 0.25) is 12.5 Å². The summed E-state index contributed by atoms with van der Waals surface area (Å²) in [6, 6.07) is 7.78. The van der Waals surface area contributed by atoms with Crippen molar-refractivity contribution in [2.75, 3.05) is 51.0 Å². The molecule has 4 N–H and O–H groups in total. The van der Waals surface area contributed by atoms with Crippen LogP contribution in [0.3, 0.4) is 0 Å². The van der Waals surface area contributed by atoms with Crippen molar-refractivity contribution in [1.82, 2.24) is 15.5 Å². The van der Waals surface area contributed by atoms with Gasteiger partial charge in [-0.1, -0.05) is 30.6 Å². The van der Waals surface area contributed by atoms with Gasteiger partial charge in [0.25, 0.3) is 11.8 Å². The van der Waals surface area contributed by atoms with Gasteiger partial charge in [0.15, 0.2) is 18.9 Å². The van der Waals surface area contributed by atoms with Gasteiger partial charge in [-0.3, -0.25) is 19.3 Å². The molecular formula is C31H39Cl2N5O7S3+2. The van der Waals surface area contributed by atoms with Crippen LogP contribution in [-0.4, -0.2) is 112 Å². The van der Waals surface area contributed by atoms with Crippen LogP contribution in [-0.2, 0) is 30.5 Å². The number of carboxylic acids is 2. The Balaban J connectivity index is 0.00000625. The molecule has 3 heterocycles. The average Bonchev–Trinajstić information content (AvgIpc) is 3.00. The fourth-order valence-electron chi connectivity index (χ4n) is 4.96. The fourth-order valence-corrected chi connectivity index (χ4v) is 8.63. The first-order valence-corrected chi connectivity index (χ1v) is 18.2. The molecule has 17 heteroatoms. The van der Waals surface area contributed by atoms with E-state index in [1.54, 1.807) is 35.2 Å². The van der Waals surface area contributed by atoms with E-state index in [4.69, 9.17) is 28.3 Å². The summed E-state index contributed by atoms with van der Waals surface area (Å²) in [4.78, 5) is 63.9. The summed E-state index contributed by atoms with van der Waals surface area (Å²) in [5.74, 6) is -2.32. The van der Waals surface area contributed by atoms with E-state index in [1.165, 1.54) is 40.2 Å². The van der Waals surface area contributed by atoms with Gasteiger partial charge in [-0.2, -0.15) is 4.57 Å². The molecule has 0 aliphatic carbocycles. The number of carbonyl (C=O) groups excluding carboxylic acids is 3. The molecule has 0 spiro atoms. The highest BCUT2D eigenvalue weighted by atomic mass is 35.5. The lowest BCUT2D eigenvalue weighted by Gasteiger charge is -2.49. The molecular weight excluding hydrogens is 721 g/mol. The Labute approximate surface area is 302 Å². The van der Waals surface area contributed by atoms with E-state index in [-0.39, 0.29) is 43.8 Å². The van der Waals surface area contributed by atoms with Crippen LogP contribution in [0.5, 0.6) is 0 Å². The monoisotopic (exact) mass is 759 g/mol. The molecule has 2 aromatic rings. The van der Waals surface area contributed by atoms with Gasteiger partial charge < -0.3 is 25.3 Å². The number of pyridine rings is 1. The summed E-state index contributed by atoms with van der Waals surface area (Å²) in [6.07, 6.45) is 4.17. The third-order valence-electron chi connectivity index (χ3n) is 7.24. The summed E-state index contributed by atoms with van der Waals surface area (Å²) in [7, 11) is 3.67. The third-order valence-corrected chi connectivity index (χ3v) is 11.4. The Hall–Kier alpha value is -2.95. The Morgan fingerprint density at radius 1 is 1.08 bits per heavy atom. The largest absolute Gasteiger partial charge is 0.477 e. The zero-order chi connectivity index (χ0) is 34.3. The molecule has 2 atom stereocenters. The minimum Gasteiger partial charge on any atom is -0.477 e. The summed E-state index contributed by atoms with van der Waals surface area (Å²) in [5.41, 5.74) is 0.555. The predicted octanol–water partition coefficient (Wildman–Crippen LogP) is 3.21. The molecule has 0 bridgehead atoms. The topological polar surface area (TPSA) is 157 Å². The van der Waals surface area contributed by atoms with Crippen molar-refractivity contribution < 1.29 is 43.2 Å². The zero-order valence-corrected chi connectivity index (χ0v) is 29.6. The maximum absolute atomic E-state index is 13.0. The summed E-state index contributed by atoms with van der Waals surface area (Å²) in [5, 5.41) is 25.0. The number of hydrogen-bond acceptors (Lipinski definition) is 8. The van der Waals surface area contributed by atoms with Crippen molar-refractivity contribution >= 4 is 88.1 Å². The van der Waals surface area contributed by atoms with Crippen LogP contribution >= 0.6 is 58.5 Å². The third kappa shape index (κ3) is 10.8. The molecule has 0 saturated carbocycles. The Bertz CT molecular complexity index is 1580. The number of likely N-dealkylation sites (N-methyl/N-ethyl adjacent to an activating group) is 1. The summed E-state index contributed by atoms with van der Waals surface area (Å²) in [6.45, 7) is 1.20. The first-order chi connectivity index (χ1) is 22.2. The number of β-lactam (4-membered cyclic amide) rings is 1. The second-order valence-corrected chi connectivity index (χ2v) is 15.5. The predicted molar refractivity (Wildman–Crippen MR) is 188 cm³/mol. The number of halogens is 2. The highest BCUT2D eigenvalue weighted by Gasteiger charge is 2.54. The molecule has 3 amide bonds. The van der Waals surface area contributed by atoms with Crippen molar-refractivity contribution in [1.29, 1.82) is 0 Å². The van der Waals surface area contributed by atoms with Crippen molar-refractivity contribution in [3.05, 3.63) is 64.0 Å². The number of hydrogen-bond donors (Lipinski definition) is 4. The number of thioether (sulfide) groups is 3. The lowest BCUT2D eigenvalue weighted by molar-refractivity contribution is -0.883. The number of benzene rings is 1. The molecule has 48 heavy (non-hydrogen) atoms. The van der Waals surface area contributed by atoms with Gasteiger partial charge in [0.1, 0.15) is 17.1 Å². The molecule has 260 valence electrons. The number of quaternary nitrogens is 1. The van der Waals surface area contributed by atoms with E-state index >= 15 is 0 Å². The Kier molecular flexibility index (Phi) is 14.5. The van der Waals surface area contributed by atoms with Gasteiger partial charge >= 0.3 is 11.9 Å². The van der Waals surface area contributed by atoms with Crippen LogP contribution in [0.4, 0.5) is 0 Å². The molecule has 4 rings (SSSR count). The molecule has 1 fully saturated rings. The van der Waals surface area contributed by atoms with E-state index < -0.39 is 29.3 Å². The molecule has 1 aromatic carbocycles. The normalized spacial score (nSPS) is 17.2. The van der Waals surface area contributed by atoms with E-state index in [9.17, 15) is 29.1 Å². The number of fused-ring (bicyclic) bond motifs is 1. The van der Waals surface area contributed by atoms with E-state index in [0.717, 1.165) is 4.90 Å². The first-order valence-electron chi connectivity index (χ1n) is 14.4. The SMILES string of the molecule is C.C[N+](C)(CCCNC(=O)C[n+]1ccc(SCC2=C(C(=O)O)N3C(=O)C(NC(=O)CSc4cc(Cl)ccc4Cl)C3SC2)cc1)CC(=O)O. The number of rotatable bonds is 16. The van der Waals surface area contributed by atoms with Gasteiger partial charge in [-0.25, -0.2) is 9.59 Å². The number of carboxylic acid groups (broad SMARTS) is 2. The van der Waals surface area contributed by atoms with Crippen LogP contribution in [0, 0.1) is 0 Å². The Morgan fingerprint density at radius 2 is 1.79 bits per heavy atom. The summed E-state index contributed by atoms with van der Waals surface area (Å²) < 4.78 is 2.06. The second kappa shape index (κ2) is 17.6. The van der Waals surface area contributed by atoms with Crippen molar-refractivity contribution in [3.8, 4) is 0 Å². The molecule has 2 unspecified atom stereocenters. The fraction of sp³-hybridized carbons (Fsp3) is 0.419. The van der Waals surface area contributed by atoms with E-state index in [1.807, 2.05) is 26.2 Å². The number of amides is 3. The number of carbonyl (C=O) groups is 5. The Morgan fingerprint density at radius 3 is 2.46 bits per heavy atom. The zero-order valence-electron chi connectivity index (χ0n) is 25.6. The maximum atomic E-state index is 13.0. The number of nitrogens with zero attached hydrogens (tertiary/aromatic N) is 3. The van der Waals surface area contributed by atoms with Gasteiger partial charge in [-0.15, -0.1) is 35.3 Å². The molecule has 1 saturated heterocycles. The minimum absolute atomic E-state index is 0. The number of aromatic nitrogens is 1. The van der Waals surface area contributed by atoms with Crippen LogP contribution < -0.4 is 15.2 Å². The molecule has 12 nitrogen and oxygen atoms in total. The van der Waals surface area contributed by atoms with Crippen LogP contribution in [0.25, 0.3) is 0 Å². The van der Waals surface area contributed by atoms with Crippen molar-refractivity contribution in [3.63, 3.8) is 0 Å². The molecule has 0 radical (unpaired) electrons. The lowest BCUT2D eigenvalue weighted by Crippen LogP contribution is -2.70. The minimum atomic E-state index is -1.20. The van der Waals surface area contributed by atoms with Crippen LogP contribution in [0.2, 0.25) is 10.0 Å². The quantitative estimate of drug-likeness (QED) is 0.0659. The van der Waals surface area contributed by atoms with Gasteiger partial charge in [0.05, 0.1) is 31.4 Å². The highest BCUT2D eigenvalue weighted by Crippen LogP contribution is 2.41. The van der Waals surface area contributed by atoms with E-state index in [0.29, 0.717) is 56.0 Å². The highest BCUT2D eigenvalue weighted by molar-refractivity contribution is 8.01. The summed E-state index contributed by atoms with van der Waals surface area (Å²) >= 11 is 16.2. The number of nitrogens with one attached hydrogen (secondary N) is 2. The lowest BCUT2D eigenvalue weighted by atomic mass is 10.0. The average molecular weight is 761 g/mol. The smallest absolute Gasteiger partial charge is 0.359 e. The van der Waals surface area contributed by atoms with Crippen LogP contribution in [0.1, 0.15) is 13.8 Å².